The molecule has 3 heterocycles. The normalized spacial score (nSPS) is 16.5. The van der Waals surface area contributed by atoms with Gasteiger partial charge in [-0.3, -0.25) is 4.90 Å². The Labute approximate surface area is 140 Å². The van der Waals surface area contributed by atoms with Crippen molar-refractivity contribution in [2.24, 2.45) is 0 Å². The zero-order valence-corrected chi connectivity index (χ0v) is 13.4. The number of fused-ring (bicyclic) bond motifs is 1. The van der Waals surface area contributed by atoms with Crippen molar-refractivity contribution in [2.45, 2.75) is 25.5 Å². The van der Waals surface area contributed by atoms with Crippen molar-refractivity contribution < 1.29 is 9.13 Å². The average molecular weight is 325 g/mol. The second-order valence-corrected chi connectivity index (χ2v) is 6.24. The Morgan fingerprint density at radius 2 is 2.04 bits per heavy atom. The molecule has 1 aromatic carbocycles. The maximum atomic E-state index is 13.6. The van der Waals surface area contributed by atoms with Gasteiger partial charge in [0.25, 0.3) is 5.88 Å². The fourth-order valence-corrected chi connectivity index (χ4v) is 3.32. The summed E-state index contributed by atoms with van der Waals surface area (Å²) in [5.74, 6) is -0.273. The van der Waals surface area contributed by atoms with Crippen molar-refractivity contribution in [1.29, 1.82) is 0 Å². The minimum Gasteiger partial charge on any atom is -0.472 e. The molecule has 2 aromatic heterocycles. The van der Waals surface area contributed by atoms with E-state index in [9.17, 15) is 4.39 Å². The third-order valence-electron chi connectivity index (χ3n) is 4.61. The summed E-state index contributed by atoms with van der Waals surface area (Å²) in [7, 11) is 0. The van der Waals surface area contributed by atoms with Crippen molar-refractivity contribution in [1.82, 2.24) is 14.9 Å². The van der Waals surface area contributed by atoms with E-state index in [1.807, 2.05) is 6.20 Å². The summed E-state index contributed by atoms with van der Waals surface area (Å²) in [4.78, 5) is 9.72. The second kappa shape index (κ2) is 6.61. The largest absolute Gasteiger partial charge is 0.472 e. The van der Waals surface area contributed by atoms with E-state index in [0.717, 1.165) is 32.5 Å². The first-order valence-electron chi connectivity index (χ1n) is 8.34. The standard InChI is InChI=1S/C19H20FN3O/c20-17-5-2-9-22-19(17)24-16-7-11-23(12-8-16)13-15-4-1-3-14-6-10-21-18(14)15/h1-6,9-10,16,21H,7-8,11-13H2. The number of hydrogen-bond donors (Lipinski definition) is 1. The Morgan fingerprint density at radius 1 is 1.17 bits per heavy atom. The number of pyridine rings is 1. The number of aromatic nitrogens is 2. The summed E-state index contributed by atoms with van der Waals surface area (Å²) >= 11 is 0. The first-order valence-corrected chi connectivity index (χ1v) is 8.34. The van der Waals surface area contributed by atoms with Crippen LogP contribution in [0.15, 0.2) is 48.8 Å². The lowest BCUT2D eigenvalue weighted by Crippen LogP contribution is -2.38. The van der Waals surface area contributed by atoms with Gasteiger partial charge in [0.1, 0.15) is 6.10 Å². The van der Waals surface area contributed by atoms with Crippen molar-refractivity contribution in [3.05, 3.63) is 60.2 Å². The van der Waals surface area contributed by atoms with Gasteiger partial charge < -0.3 is 9.72 Å². The van der Waals surface area contributed by atoms with E-state index in [1.165, 1.54) is 22.5 Å². The van der Waals surface area contributed by atoms with Gasteiger partial charge >= 0.3 is 0 Å². The number of piperidine rings is 1. The van der Waals surface area contributed by atoms with Crippen LogP contribution in [-0.4, -0.2) is 34.1 Å². The van der Waals surface area contributed by atoms with E-state index in [2.05, 4.69) is 39.1 Å². The lowest BCUT2D eigenvalue weighted by molar-refractivity contribution is 0.0898. The van der Waals surface area contributed by atoms with Gasteiger partial charge in [-0.25, -0.2) is 9.37 Å². The zero-order chi connectivity index (χ0) is 16.4. The second-order valence-electron chi connectivity index (χ2n) is 6.24. The highest BCUT2D eigenvalue weighted by molar-refractivity contribution is 5.82. The van der Waals surface area contributed by atoms with Crippen LogP contribution in [0, 0.1) is 5.82 Å². The van der Waals surface area contributed by atoms with E-state index in [1.54, 1.807) is 12.3 Å². The maximum Gasteiger partial charge on any atom is 0.250 e. The van der Waals surface area contributed by atoms with Gasteiger partial charge in [-0.1, -0.05) is 18.2 Å². The highest BCUT2D eigenvalue weighted by Crippen LogP contribution is 2.23. The number of nitrogens with zero attached hydrogens (tertiary/aromatic N) is 2. The third-order valence-corrected chi connectivity index (χ3v) is 4.61. The first-order chi connectivity index (χ1) is 11.8. The topological polar surface area (TPSA) is 41.1 Å². The molecule has 0 radical (unpaired) electrons. The van der Waals surface area contributed by atoms with Gasteiger partial charge in [0, 0.05) is 37.5 Å². The SMILES string of the molecule is Fc1cccnc1OC1CCN(Cc2cccc3cc[nH]c23)CC1. The number of para-hydroxylation sites is 1. The Bertz CT molecular complexity index is 824. The summed E-state index contributed by atoms with van der Waals surface area (Å²) in [6.45, 7) is 2.80. The van der Waals surface area contributed by atoms with Crippen LogP contribution in [-0.2, 0) is 6.54 Å². The van der Waals surface area contributed by atoms with Gasteiger partial charge in [-0.2, -0.15) is 0 Å². The predicted molar refractivity (Wildman–Crippen MR) is 91.4 cm³/mol. The van der Waals surface area contributed by atoms with E-state index in [0.29, 0.717) is 0 Å². The molecule has 4 nitrogen and oxygen atoms in total. The molecule has 1 fully saturated rings. The van der Waals surface area contributed by atoms with Crippen LogP contribution in [0.4, 0.5) is 4.39 Å². The molecular formula is C19H20FN3O. The summed E-state index contributed by atoms with van der Waals surface area (Å²) in [6, 6.07) is 11.5. The van der Waals surface area contributed by atoms with Crippen LogP contribution >= 0.6 is 0 Å². The van der Waals surface area contributed by atoms with Crippen molar-refractivity contribution in [3.63, 3.8) is 0 Å². The molecular weight excluding hydrogens is 305 g/mol. The average Bonchev–Trinajstić information content (AvgIpc) is 3.08. The number of halogens is 1. The Morgan fingerprint density at radius 3 is 2.88 bits per heavy atom. The van der Waals surface area contributed by atoms with E-state index >= 15 is 0 Å². The van der Waals surface area contributed by atoms with Crippen LogP contribution in [0.5, 0.6) is 5.88 Å². The smallest absolute Gasteiger partial charge is 0.250 e. The van der Waals surface area contributed by atoms with Crippen LogP contribution < -0.4 is 4.74 Å². The molecule has 124 valence electrons. The molecule has 0 amide bonds. The van der Waals surface area contributed by atoms with E-state index < -0.39 is 5.82 Å². The number of nitrogens with one attached hydrogen (secondary N) is 1. The first kappa shape index (κ1) is 15.1. The third kappa shape index (κ3) is 3.12. The quantitative estimate of drug-likeness (QED) is 0.794. The van der Waals surface area contributed by atoms with Crippen molar-refractivity contribution in [2.75, 3.05) is 13.1 Å². The Hall–Kier alpha value is -2.40. The monoisotopic (exact) mass is 325 g/mol. The highest BCUT2D eigenvalue weighted by Gasteiger charge is 2.22. The van der Waals surface area contributed by atoms with Crippen LogP contribution in [0.3, 0.4) is 0 Å². The minimum atomic E-state index is -0.390. The molecule has 4 rings (SSSR count). The Balaban J connectivity index is 1.36. The molecule has 3 aromatic rings. The summed E-state index contributed by atoms with van der Waals surface area (Å²) < 4.78 is 19.3. The number of H-pyrrole nitrogens is 1. The summed E-state index contributed by atoms with van der Waals surface area (Å²) in [5.41, 5.74) is 2.53. The molecule has 0 unspecified atom stereocenters. The molecule has 1 N–H and O–H groups in total. The summed E-state index contributed by atoms with van der Waals surface area (Å²) in [5, 5.41) is 1.25. The molecule has 1 aliphatic heterocycles. The van der Waals surface area contributed by atoms with Crippen molar-refractivity contribution >= 4 is 10.9 Å². The number of benzene rings is 1. The molecule has 0 atom stereocenters. The van der Waals surface area contributed by atoms with Gasteiger partial charge in [-0.15, -0.1) is 0 Å². The number of hydrogen-bond acceptors (Lipinski definition) is 3. The Kier molecular flexibility index (Phi) is 4.17. The molecule has 0 bridgehead atoms. The lowest BCUT2D eigenvalue weighted by atomic mass is 10.1. The minimum absolute atomic E-state index is 0.0342. The number of likely N-dealkylation sites (tertiary alicyclic amines) is 1. The van der Waals surface area contributed by atoms with Crippen LogP contribution in [0.25, 0.3) is 10.9 Å². The predicted octanol–water partition coefficient (Wildman–Crippen LogP) is 3.75. The van der Waals surface area contributed by atoms with Gasteiger partial charge in [-0.05, 0) is 42.0 Å². The fourth-order valence-electron chi connectivity index (χ4n) is 3.32. The molecule has 0 aliphatic carbocycles. The maximum absolute atomic E-state index is 13.6. The highest BCUT2D eigenvalue weighted by atomic mass is 19.1. The van der Waals surface area contributed by atoms with Gasteiger partial charge in [0.2, 0.25) is 0 Å². The fraction of sp³-hybridized carbons (Fsp3) is 0.316. The molecule has 24 heavy (non-hydrogen) atoms. The van der Waals surface area contributed by atoms with Gasteiger partial charge in [0.15, 0.2) is 5.82 Å². The summed E-state index contributed by atoms with van der Waals surface area (Å²) in [6.07, 6.45) is 5.35. The number of rotatable bonds is 4. The van der Waals surface area contributed by atoms with Crippen LogP contribution in [0.2, 0.25) is 0 Å². The molecule has 1 saturated heterocycles. The van der Waals surface area contributed by atoms with Gasteiger partial charge in [0.05, 0.1) is 0 Å². The molecule has 5 heteroatoms. The molecule has 0 saturated carbocycles. The lowest BCUT2D eigenvalue weighted by Gasteiger charge is -2.32. The van der Waals surface area contributed by atoms with E-state index in [4.69, 9.17) is 4.74 Å². The molecule has 1 aliphatic rings. The molecule has 0 spiro atoms. The number of ether oxygens (including phenoxy) is 1. The zero-order valence-electron chi connectivity index (χ0n) is 13.4. The van der Waals surface area contributed by atoms with Crippen LogP contribution in [0.1, 0.15) is 18.4 Å². The van der Waals surface area contributed by atoms with Crippen molar-refractivity contribution in [3.8, 4) is 5.88 Å². The van der Waals surface area contributed by atoms with E-state index in [-0.39, 0.29) is 12.0 Å². The number of aromatic amines is 1.